The second-order valence-electron chi connectivity index (χ2n) is 7.00. The maximum Gasteiger partial charge on any atom is 0.194 e. The van der Waals surface area contributed by atoms with Crippen molar-refractivity contribution >= 4 is 5.96 Å². The van der Waals surface area contributed by atoms with Gasteiger partial charge in [0.2, 0.25) is 0 Å². The van der Waals surface area contributed by atoms with Gasteiger partial charge in [-0.25, -0.2) is 0 Å². The van der Waals surface area contributed by atoms with Crippen LogP contribution in [0.25, 0.3) is 0 Å². The average Bonchev–Trinajstić information content (AvgIpc) is 3.20. The molecule has 1 N–H and O–H groups in total. The summed E-state index contributed by atoms with van der Waals surface area (Å²) in [7, 11) is 1.79. The van der Waals surface area contributed by atoms with E-state index in [1.54, 1.807) is 7.11 Å². The summed E-state index contributed by atoms with van der Waals surface area (Å²) in [6.45, 7) is 9.91. The Balaban J connectivity index is 1.52. The monoisotopic (exact) mass is 324 g/mol. The van der Waals surface area contributed by atoms with E-state index in [4.69, 9.17) is 14.5 Å². The van der Waals surface area contributed by atoms with Gasteiger partial charge in [-0.05, 0) is 32.7 Å². The van der Waals surface area contributed by atoms with Crippen LogP contribution in [0.3, 0.4) is 0 Å². The lowest BCUT2D eigenvalue weighted by atomic mass is 10.1. The molecule has 3 heterocycles. The molecule has 3 unspecified atom stereocenters. The molecule has 0 aromatic heterocycles. The molecule has 0 aromatic carbocycles. The molecular formula is C17H32N4O2. The highest BCUT2D eigenvalue weighted by Gasteiger charge is 2.32. The second-order valence-corrected chi connectivity index (χ2v) is 7.00. The average molecular weight is 324 g/mol. The number of hydrogen-bond acceptors (Lipinski definition) is 4. The van der Waals surface area contributed by atoms with Gasteiger partial charge in [-0.3, -0.25) is 9.89 Å². The highest BCUT2D eigenvalue weighted by atomic mass is 16.5. The van der Waals surface area contributed by atoms with Crippen LogP contribution in [-0.4, -0.2) is 87.5 Å². The topological polar surface area (TPSA) is 49.3 Å². The Bertz CT molecular complexity index is 404. The van der Waals surface area contributed by atoms with E-state index in [-0.39, 0.29) is 6.10 Å². The molecule has 3 fully saturated rings. The van der Waals surface area contributed by atoms with Gasteiger partial charge < -0.3 is 19.7 Å². The van der Waals surface area contributed by atoms with Gasteiger partial charge in [0.15, 0.2) is 5.96 Å². The number of morpholine rings is 1. The third-order valence-electron chi connectivity index (χ3n) is 5.23. The Morgan fingerprint density at radius 3 is 3.04 bits per heavy atom. The first-order valence-electron chi connectivity index (χ1n) is 9.18. The third kappa shape index (κ3) is 4.37. The van der Waals surface area contributed by atoms with Crippen LogP contribution in [0.5, 0.6) is 0 Å². The Morgan fingerprint density at radius 2 is 2.22 bits per heavy atom. The molecule has 6 heteroatoms. The van der Waals surface area contributed by atoms with E-state index < -0.39 is 0 Å². The van der Waals surface area contributed by atoms with E-state index >= 15 is 0 Å². The van der Waals surface area contributed by atoms with Crippen molar-refractivity contribution in [3.63, 3.8) is 0 Å². The van der Waals surface area contributed by atoms with Crippen LogP contribution in [0.4, 0.5) is 0 Å². The predicted octanol–water partition coefficient (Wildman–Crippen LogP) is 0.783. The zero-order valence-corrected chi connectivity index (χ0v) is 14.7. The molecule has 3 aliphatic heterocycles. The van der Waals surface area contributed by atoms with Gasteiger partial charge >= 0.3 is 0 Å². The number of nitrogens with zero attached hydrogens (tertiary/aromatic N) is 3. The molecule has 6 nitrogen and oxygen atoms in total. The number of nitrogens with one attached hydrogen (secondary N) is 1. The summed E-state index contributed by atoms with van der Waals surface area (Å²) in [5.41, 5.74) is 0. The van der Waals surface area contributed by atoms with Crippen molar-refractivity contribution in [3.8, 4) is 0 Å². The summed E-state index contributed by atoms with van der Waals surface area (Å²) in [5.74, 6) is 1.67. The first kappa shape index (κ1) is 17.0. The number of ether oxygens (including phenoxy) is 2. The number of methoxy groups -OCH3 is 1. The lowest BCUT2D eigenvalue weighted by Gasteiger charge is -2.34. The summed E-state index contributed by atoms with van der Waals surface area (Å²) < 4.78 is 11.3. The van der Waals surface area contributed by atoms with Crippen LogP contribution in [0.2, 0.25) is 0 Å². The first-order chi connectivity index (χ1) is 11.3. The number of aliphatic imine (C=N–C) groups is 1. The Hall–Kier alpha value is -0.850. The summed E-state index contributed by atoms with van der Waals surface area (Å²) in [5, 5.41) is 3.44. The zero-order chi connectivity index (χ0) is 16.1. The number of hydrogen-bond donors (Lipinski definition) is 1. The molecule has 0 radical (unpaired) electrons. The molecule has 0 aliphatic carbocycles. The predicted molar refractivity (Wildman–Crippen MR) is 91.9 cm³/mol. The summed E-state index contributed by atoms with van der Waals surface area (Å²) in [4.78, 5) is 9.82. The molecule has 0 amide bonds. The lowest BCUT2D eigenvalue weighted by molar-refractivity contribution is -0.0432. The molecule has 3 rings (SSSR count). The maximum absolute atomic E-state index is 6.03. The zero-order valence-electron chi connectivity index (χ0n) is 14.7. The summed E-state index contributed by atoms with van der Waals surface area (Å²) in [6.07, 6.45) is 4.05. The summed E-state index contributed by atoms with van der Waals surface area (Å²) >= 11 is 0. The molecule has 0 spiro atoms. The lowest BCUT2D eigenvalue weighted by Crippen LogP contribution is -2.48. The van der Waals surface area contributed by atoms with Gasteiger partial charge in [0.25, 0.3) is 0 Å². The molecule has 132 valence electrons. The van der Waals surface area contributed by atoms with Crippen LogP contribution < -0.4 is 5.32 Å². The molecular weight excluding hydrogens is 292 g/mol. The van der Waals surface area contributed by atoms with E-state index in [1.807, 2.05) is 0 Å². The number of guanidine groups is 1. The highest BCUT2D eigenvalue weighted by molar-refractivity contribution is 5.80. The Morgan fingerprint density at radius 1 is 1.30 bits per heavy atom. The quantitative estimate of drug-likeness (QED) is 0.598. The second kappa shape index (κ2) is 8.31. The minimum atomic E-state index is 0.246. The van der Waals surface area contributed by atoms with Gasteiger partial charge in [-0.2, -0.15) is 0 Å². The standard InChI is InChI=1S/C17H32N4O2/c1-3-18-17(21-8-6-14(10-21)12-22-2)19-9-16-11-20-7-4-5-15(20)13-23-16/h14-16H,3-13H2,1-2H3,(H,18,19). The van der Waals surface area contributed by atoms with Crippen molar-refractivity contribution in [2.75, 3.05) is 59.6 Å². The van der Waals surface area contributed by atoms with Crippen molar-refractivity contribution in [2.24, 2.45) is 10.9 Å². The summed E-state index contributed by atoms with van der Waals surface area (Å²) in [6, 6.07) is 0.664. The fourth-order valence-corrected chi connectivity index (χ4v) is 4.01. The van der Waals surface area contributed by atoms with E-state index in [2.05, 4.69) is 22.0 Å². The molecule has 0 aromatic rings. The van der Waals surface area contributed by atoms with Crippen LogP contribution in [0, 0.1) is 5.92 Å². The largest absolute Gasteiger partial charge is 0.384 e. The van der Waals surface area contributed by atoms with E-state index in [0.717, 1.165) is 51.9 Å². The maximum atomic E-state index is 6.03. The van der Waals surface area contributed by atoms with Crippen molar-refractivity contribution in [1.29, 1.82) is 0 Å². The SMILES string of the molecule is CCNC(=NCC1CN2CCCC2CO1)N1CCC(COC)C1. The van der Waals surface area contributed by atoms with Crippen molar-refractivity contribution in [1.82, 2.24) is 15.1 Å². The van der Waals surface area contributed by atoms with Crippen molar-refractivity contribution in [2.45, 2.75) is 38.3 Å². The van der Waals surface area contributed by atoms with Gasteiger partial charge in [-0.1, -0.05) is 0 Å². The molecule has 0 bridgehead atoms. The van der Waals surface area contributed by atoms with Crippen LogP contribution in [0.1, 0.15) is 26.2 Å². The smallest absolute Gasteiger partial charge is 0.194 e. The first-order valence-corrected chi connectivity index (χ1v) is 9.18. The van der Waals surface area contributed by atoms with E-state index in [0.29, 0.717) is 12.0 Å². The Labute approximate surface area is 140 Å². The third-order valence-corrected chi connectivity index (χ3v) is 5.23. The van der Waals surface area contributed by atoms with Crippen molar-refractivity contribution < 1.29 is 9.47 Å². The van der Waals surface area contributed by atoms with Gasteiger partial charge in [0.05, 0.1) is 25.9 Å². The molecule has 3 saturated heterocycles. The van der Waals surface area contributed by atoms with Gasteiger partial charge in [0.1, 0.15) is 0 Å². The minimum Gasteiger partial charge on any atom is -0.384 e. The number of rotatable bonds is 5. The normalized spacial score (nSPS) is 32.3. The number of fused-ring (bicyclic) bond motifs is 1. The molecule has 3 aliphatic rings. The van der Waals surface area contributed by atoms with Crippen LogP contribution in [0.15, 0.2) is 4.99 Å². The van der Waals surface area contributed by atoms with Crippen LogP contribution in [-0.2, 0) is 9.47 Å². The van der Waals surface area contributed by atoms with Crippen LogP contribution >= 0.6 is 0 Å². The fraction of sp³-hybridized carbons (Fsp3) is 0.941. The van der Waals surface area contributed by atoms with Gasteiger partial charge in [0, 0.05) is 45.2 Å². The highest BCUT2D eigenvalue weighted by Crippen LogP contribution is 2.23. The van der Waals surface area contributed by atoms with E-state index in [9.17, 15) is 0 Å². The molecule has 0 saturated carbocycles. The van der Waals surface area contributed by atoms with Gasteiger partial charge in [-0.15, -0.1) is 0 Å². The van der Waals surface area contributed by atoms with Crippen molar-refractivity contribution in [3.05, 3.63) is 0 Å². The molecule has 3 atom stereocenters. The Kier molecular flexibility index (Phi) is 6.14. The number of likely N-dealkylation sites (tertiary alicyclic amines) is 1. The minimum absolute atomic E-state index is 0.246. The van der Waals surface area contributed by atoms with E-state index in [1.165, 1.54) is 25.8 Å². The fourth-order valence-electron chi connectivity index (χ4n) is 4.01. The molecule has 23 heavy (non-hydrogen) atoms.